The molecule has 0 fully saturated rings. The van der Waals surface area contributed by atoms with Crippen molar-refractivity contribution >= 4 is 42.4 Å². The Morgan fingerprint density at radius 3 is 2.52 bits per heavy atom. The fourth-order valence-electron chi connectivity index (χ4n) is 3.40. The molecule has 0 bridgehead atoms. The maximum absolute atomic E-state index is 13.6. The zero-order valence-corrected chi connectivity index (χ0v) is 20.0. The second kappa shape index (κ2) is 9.72. The van der Waals surface area contributed by atoms with Gasteiger partial charge in [0.2, 0.25) is 0 Å². The Morgan fingerprint density at radius 1 is 1.00 bits per heavy atom. The van der Waals surface area contributed by atoms with Crippen LogP contribution in [0.25, 0.3) is 10.2 Å². The van der Waals surface area contributed by atoms with Crippen LogP contribution in [0.3, 0.4) is 0 Å². The Kier molecular flexibility index (Phi) is 6.76. The van der Waals surface area contributed by atoms with E-state index in [1.807, 2.05) is 55.5 Å². The summed E-state index contributed by atoms with van der Waals surface area (Å²) in [6.07, 6.45) is 0. The second-order valence-corrected chi connectivity index (χ2v) is 10.7. The summed E-state index contributed by atoms with van der Waals surface area (Å²) in [4.78, 5) is 20.1. The van der Waals surface area contributed by atoms with Gasteiger partial charge in [-0.15, -0.1) is 0 Å². The average molecular weight is 481 g/mol. The molecule has 6 nitrogen and oxygen atoms in total. The van der Waals surface area contributed by atoms with E-state index < -0.39 is 9.84 Å². The first-order valence-electron chi connectivity index (χ1n) is 10.6. The zero-order chi connectivity index (χ0) is 23.4. The predicted octanol–water partition coefficient (Wildman–Crippen LogP) is 5.34. The standard InChI is InChI=1S/C25H24N2O4S2/c1-3-31-20-13-14-22-23(16-20)32-25(26-22)27(17-18-9-6-5-7-10-18)24(28)19-11-8-12-21(15-19)33(29,30)4-2/h5-16H,3-4,17H2,1-2H3. The lowest BCUT2D eigenvalue weighted by Crippen LogP contribution is -2.30. The Bertz CT molecular complexity index is 1380. The van der Waals surface area contributed by atoms with E-state index >= 15 is 0 Å². The fraction of sp³-hybridized carbons (Fsp3) is 0.200. The smallest absolute Gasteiger partial charge is 0.260 e. The SMILES string of the molecule is CCOc1ccc2nc(N(Cc3ccccc3)C(=O)c3cccc(S(=O)(=O)CC)c3)sc2c1. The van der Waals surface area contributed by atoms with E-state index in [0.717, 1.165) is 21.5 Å². The molecule has 4 rings (SSSR count). The summed E-state index contributed by atoms with van der Waals surface area (Å²) in [6, 6.07) is 21.5. The molecule has 0 aliphatic carbocycles. The van der Waals surface area contributed by atoms with E-state index in [9.17, 15) is 13.2 Å². The number of ether oxygens (including phenoxy) is 1. The van der Waals surface area contributed by atoms with Gasteiger partial charge in [-0.1, -0.05) is 54.7 Å². The molecule has 0 aliphatic rings. The highest BCUT2D eigenvalue weighted by molar-refractivity contribution is 7.91. The van der Waals surface area contributed by atoms with Crippen molar-refractivity contribution in [2.24, 2.45) is 0 Å². The lowest BCUT2D eigenvalue weighted by molar-refractivity contribution is 0.0985. The lowest BCUT2D eigenvalue weighted by atomic mass is 10.1. The summed E-state index contributed by atoms with van der Waals surface area (Å²) in [5, 5.41) is 0.538. The van der Waals surface area contributed by atoms with Crippen LogP contribution < -0.4 is 9.64 Å². The number of hydrogen-bond acceptors (Lipinski definition) is 6. The maximum atomic E-state index is 13.6. The summed E-state index contributed by atoms with van der Waals surface area (Å²) in [5.41, 5.74) is 2.01. The Hall–Kier alpha value is -3.23. The predicted molar refractivity (Wildman–Crippen MR) is 132 cm³/mol. The molecule has 0 aliphatic heterocycles. The molecule has 1 heterocycles. The molecule has 33 heavy (non-hydrogen) atoms. The van der Waals surface area contributed by atoms with E-state index in [2.05, 4.69) is 0 Å². The normalized spacial score (nSPS) is 11.5. The van der Waals surface area contributed by atoms with Crippen LogP contribution in [0.1, 0.15) is 29.8 Å². The van der Waals surface area contributed by atoms with Crippen LogP contribution in [-0.2, 0) is 16.4 Å². The number of amides is 1. The molecule has 0 saturated carbocycles. The highest BCUT2D eigenvalue weighted by Gasteiger charge is 2.23. The van der Waals surface area contributed by atoms with Gasteiger partial charge in [0.15, 0.2) is 15.0 Å². The third-order valence-corrected chi connectivity index (χ3v) is 7.91. The molecular weight excluding hydrogens is 456 g/mol. The van der Waals surface area contributed by atoms with E-state index in [-0.39, 0.29) is 16.6 Å². The highest BCUT2D eigenvalue weighted by Crippen LogP contribution is 2.33. The van der Waals surface area contributed by atoms with E-state index in [4.69, 9.17) is 9.72 Å². The Balaban J connectivity index is 1.76. The molecule has 0 radical (unpaired) electrons. The molecule has 1 aromatic heterocycles. The molecule has 0 spiro atoms. The lowest BCUT2D eigenvalue weighted by Gasteiger charge is -2.20. The van der Waals surface area contributed by atoms with Crippen molar-refractivity contribution in [2.75, 3.05) is 17.3 Å². The summed E-state index contributed by atoms with van der Waals surface area (Å²) in [7, 11) is -3.43. The summed E-state index contributed by atoms with van der Waals surface area (Å²) in [6.45, 7) is 4.38. The van der Waals surface area contributed by atoms with Gasteiger partial charge in [-0.25, -0.2) is 13.4 Å². The molecule has 4 aromatic rings. The van der Waals surface area contributed by atoms with E-state index in [0.29, 0.717) is 23.8 Å². The number of hydrogen-bond donors (Lipinski definition) is 0. The average Bonchev–Trinajstić information content (AvgIpc) is 3.26. The number of fused-ring (bicyclic) bond motifs is 1. The van der Waals surface area contributed by atoms with Crippen LogP contribution in [0.2, 0.25) is 0 Å². The summed E-state index contributed by atoms with van der Waals surface area (Å²) >= 11 is 1.40. The number of rotatable bonds is 8. The summed E-state index contributed by atoms with van der Waals surface area (Å²) in [5.74, 6) is 0.410. The first kappa shape index (κ1) is 22.9. The number of benzene rings is 3. The Morgan fingerprint density at radius 2 is 1.79 bits per heavy atom. The van der Waals surface area contributed by atoms with Crippen molar-refractivity contribution < 1.29 is 17.9 Å². The van der Waals surface area contributed by atoms with Crippen LogP contribution in [0.4, 0.5) is 5.13 Å². The van der Waals surface area contributed by atoms with Crippen molar-refractivity contribution in [3.63, 3.8) is 0 Å². The van der Waals surface area contributed by atoms with Crippen molar-refractivity contribution in [1.29, 1.82) is 0 Å². The van der Waals surface area contributed by atoms with Crippen LogP contribution in [0.15, 0.2) is 77.7 Å². The van der Waals surface area contributed by atoms with Gasteiger partial charge in [-0.05, 0) is 48.9 Å². The third kappa shape index (κ3) is 5.07. The van der Waals surface area contributed by atoms with Crippen molar-refractivity contribution in [3.05, 3.63) is 83.9 Å². The number of thiazole rings is 1. The molecule has 0 N–H and O–H groups in total. The zero-order valence-electron chi connectivity index (χ0n) is 18.4. The number of sulfone groups is 1. The van der Waals surface area contributed by atoms with Crippen molar-refractivity contribution in [2.45, 2.75) is 25.3 Å². The molecule has 0 atom stereocenters. The minimum atomic E-state index is -3.43. The number of nitrogens with zero attached hydrogens (tertiary/aromatic N) is 2. The van der Waals surface area contributed by atoms with Gasteiger partial charge in [0.25, 0.3) is 5.91 Å². The van der Waals surface area contributed by atoms with Crippen LogP contribution in [0, 0.1) is 0 Å². The van der Waals surface area contributed by atoms with Crippen molar-refractivity contribution in [1.82, 2.24) is 4.98 Å². The van der Waals surface area contributed by atoms with Crippen LogP contribution in [0.5, 0.6) is 5.75 Å². The number of aromatic nitrogens is 1. The molecule has 1 amide bonds. The van der Waals surface area contributed by atoms with E-state index in [1.54, 1.807) is 24.0 Å². The molecule has 0 unspecified atom stereocenters. The fourth-order valence-corrected chi connectivity index (χ4v) is 5.32. The molecular formula is C25H24N2O4S2. The van der Waals surface area contributed by atoms with Gasteiger partial charge in [-0.2, -0.15) is 0 Å². The van der Waals surface area contributed by atoms with E-state index in [1.165, 1.54) is 23.5 Å². The number of carbonyl (C=O) groups is 1. The topological polar surface area (TPSA) is 76.6 Å². The first-order chi connectivity index (χ1) is 15.9. The first-order valence-corrected chi connectivity index (χ1v) is 13.1. The van der Waals surface area contributed by atoms with Gasteiger partial charge in [-0.3, -0.25) is 9.69 Å². The number of carbonyl (C=O) groups excluding carboxylic acids is 1. The molecule has 8 heteroatoms. The minimum absolute atomic E-state index is 0.0294. The largest absolute Gasteiger partial charge is 0.494 e. The molecule has 170 valence electrons. The summed E-state index contributed by atoms with van der Waals surface area (Å²) < 4.78 is 31.2. The minimum Gasteiger partial charge on any atom is -0.494 e. The maximum Gasteiger partial charge on any atom is 0.260 e. The van der Waals surface area contributed by atoms with Crippen LogP contribution in [-0.4, -0.2) is 31.7 Å². The van der Waals surface area contributed by atoms with Gasteiger partial charge < -0.3 is 4.74 Å². The van der Waals surface area contributed by atoms with Crippen LogP contribution >= 0.6 is 11.3 Å². The Labute approximate surface area is 197 Å². The second-order valence-electron chi connectivity index (χ2n) is 7.37. The quantitative estimate of drug-likeness (QED) is 0.340. The van der Waals surface area contributed by atoms with Gasteiger partial charge >= 0.3 is 0 Å². The third-order valence-electron chi connectivity index (χ3n) is 5.14. The van der Waals surface area contributed by atoms with Gasteiger partial charge in [0.1, 0.15) is 5.75 Å². The molecule has 3 aromatic carbocycles. The van der Waals surface area contributed by atoms with Gasteiger partial charge in [0.05, 0.1) is 34.0 Å². The van der Waals surface area contributed by atoms with Gasteiger partial charge in [0, 0.05) is 5.56 Å². The molecule has 0 saturated heterocycles. The number of anilines is 1. The highest BCUT2D eigenvalue weighted by atomic mass is 32.2. The van der Waals surface area contributed by atoms with Crippen molar-refractivity contribution in [3.8, 4) is 5.75 Å². The monoisotopic (exact) mass is 480 g/mol.